The van der Waals surface area contributed by atoms with E-state index in [0.717, 1.165) is 23.6 Å². The van der Waals surface area contributed by atoms with Crippen LogP contribution >= 0.6 is 0 Å². The Morgan fingerprint density at radius 3 is 2.89 bits per heavy atom. The number of fused-ring (bicyclic) bond motifs is 2. The van der Waals surface area contributed by atoms with Crippen molar-refractivity contribution in [2.75, 3.05) is 37.7 Å². The fraction of sp³-hybridized carbons (Fsp3) is 0.421. The summed E-state index contributed by atoms with van der Waals surface area (Å²) in [5, 5.41) is 0. The van der Waals surface area contributed by atoms with Crippen LogP contribution in [0.2, 0.25) is 0 Å². The Hall–Kier alpha value is -2.16. The molecule has 0 N–H and O–H groups in total. The van der Waals surface area contributed by atoms with Crippen molar-refractivity contribution >= 4 is 15.8 Å². The lowest BCUT2D eigenvalue weighted by Gasteiger charge is -2.37. The zero-order valence-electron chi connectivity index (χ0n) is 14.8. The summed E-state index contributed by atoms with van der Waals surface area (Å²) in [7, 11) is -3.57. The van der Waals surface area contributed by atoms with Gasteiger partial charge in [0.25, 0.3) is 0 Å². The number of rotatable bonds is 3. The number of pyridine rings is 1. The summed E-state index contributed by atoms with van der Waals surface area (Å²) in [6, 6.07) is 10.9. The van der Waals surface area contributed by atoms with E-state index >= 15 is 0 Å². The summed E-state index contributed by atoms with van der Waals surface area (Å²) in [6.45, 7) is 2.66. The molecule has 2 saturated heterocycles. The molecule has 8 heteroatoms. The Morgan fingerprint density at radius 2 is 2.04 bits per heavy atom. The van der Waals surface area contributed by atoms with Crippen LogP contribution in [0.1, 0.15) is 5.56 Å². The third-order valence-electron chi connectivity index (χ3n) is 5.51. The van der Waals surface area contributed by atoms with Crippen molar-refractivity contribution in [1.29, 1.82) is 0 Å². The highest BCUT2D eigenvalue weighted by Gasteiger charge is 2.45. The first-order chi connectivity index (χ1) is 13.1. The number of ether oxygens (including phenoxy) is 2. The topological polar surface area (TPSA) is 72.0 Å². The Kier molecular flexibility index (Phi) is 4.07. The standard InChI is InChI=1S/C19H21N3O4S/c23-27(24,15-4-5-17-14(11-15)6-9-25-17)21-12-16-18(13-21)26-10-8-22(16)19-3-1-2-7-20-19/h1-5,7,11,16,18H,6,8-10,12-13H2/t16-,18-/m0/s1. The zero-order valence-corrected chi connectivity index (χ0v) is 15.6. The molecule has 3 aliphatic heterocycles. The van der Waals surface area contributed by atoms with Gasteiger partial charge in [-0.3, -0.25) is 0 Å². The summed E-state index contributed by atoms with van der Waals surface area (Å²) in [4.78, 5) is 6.93. The van der Waals surface area contributed by atoms with E-state index in [4.69, 9.17) is 9.47 Å². The molecule has 0 bridgehead atoms. The molecule has 4 heterocycles. The molecule has 2 fully saturated rings. The van der Waals surface area contributed by atoms with Gasteiger partial charge in [-0.15, -0.1) is 0 Å². The highest BCUT2D eigenvalue weighted by atomic mass is 32.2. The van der Waals surface area contributed by atoms with Crippen molar-refractivity contribution in [3.8, 4) is 5.75 Å². The smallest absolute Gasteiger partial charge is 0.243 e. The minimum Gasteiger partial charge on any atom is -0.493 e. The van der Waals surface area contributed by atoms with Gasteiger partial charge in [-0.1, -0.05) is 6.07 Å². The molecule has 1 aromatic heterocycles. The van der Waals surface area contributed by atoms with Crippen LogP contribution in [0.3, 0.4) is 0 Å². The van der Waals surface area contributed by atoms with Crippen LogP contribution in [-0.4, -0.2) is 62.7 Å². The Balaban J connectivity index is 1.42. The molecule has 2 atom stereocenters. The van der Waals surface area contributed by atoms with Gasteiger partial charge in [0.05, 0.1) is 30.3 Å². The number of sulfonamides is 1. The minimum atomic E-state index is -3.57. The highest BCUT2D eigenvalue weighted by molar-refractivity contribution is 7.89. The fourth-order valence-electron chi connectivity index (χ4n) is 4.13. The number of benzene rings is 1. The van der Waals surface area contributed by atoms with Gasteiger partial charge in [-0.25, -0.2) is 13.4 Å². The van der Waals surface area contributed by atoms with Gasteiger partial charge < -0.3 is 14.4 Å². The lowest BCUT2D eigenvalue weighted by molar-refractivity contribution is 0.0328. The molecule has 0 amide bonds. The van der Waals surface area contributed by atoms with Gasteiger partial charge in [0.1, 0.15) is 11.6 Å². The first-order valence-corrected chi connectivity index (χ1v) is 10.6. The second kappa shape index (κ2) is 6.47. The highest BCUT2D eigenvalue weighted by Crippen LogP contribution is 2.33. The van der Waals surface area contributed by atoms with Gasteiger partial charge >= 0.3 is 0 Å². The van der Waals surface area contributed by atoms with E-state index in [9.17, 15) is 8.42 Å². The quantitative estimate of drug-likeness (QED) is 0.791. The Labute approximate surface area is 158 Å². The van der Waals surface area contributed by atoms with Crippen LogP contribution in [0.4, 0.5) is 5.82 Å². The first-order valence-electron chi connectivity index (χ1n) is 9.18. The van der Waals surface area contributed by atoms with Gasteiger partial charge in [0, 0.05) is 32.3 Å². The molecular formula is C19H21N3O4S. The molecule has 142 valence electrons. The van der Waals surface area contributed by atoms with Crippen molar-refractivity contribution < 1.29 is 17.9 Å². The summed E-state index contributed by atoms with van der Waals surface area (Å²) in [5.74, 6) is 1.65. The predicted octanol–water partition coefficient (Wildman–Crippen LogP) is 1.29. The molecule has 0 saturated carbocycles. The summed E-state index contributed by atoms with van der Waals surface area (Å²) in [6.07, 6.45) is 2.37. The molecule has 0 radical (unpaired) electrons. The lowest BCUT2D eigenvalue weighted by Crippen LogP contribution is -2.51. The monoisotopic (exact) mass is 387 g/mol. The van der Waals surface area contributed by atoms with Gasteiger partial charge in [-0.2, -0.15) is 4.31 Å². The number of nitrogens with zero attached hydrogens (tertiary/aromatic N) is 3. The fourth-order valence-corrected chi connectivity index (χ4v) is 5.65. The number of aromatic nitrogens is 1. The first kappa shape index (κ1) is 17.0. The maximum absolute atomic E-state index is 13.2. The van der Waals surface area contributed by atoms with E-state index in [1.165, 1.54) is 0 Å². The second-order valence-electron chi connectivity index (χ2n) is 7.05. The van der Waals surface area contributed by atoms with E-state index in [-0.39, 0.29) is 12.1 Å². The van der Waals surface area contributed by atoms with Gasteiger partial charge in [0.2, 0.25) is 10.0 Å². The maximum Gasteiger partial charge on any atom is 0.243 e. The largest absolute Gasteiger partial charge is 0.493 e. The molecule has 0 unspecified atom stereocenters. The Morgan fingerprint density at radius 1 is 1.11 bits per heavy atom. The molecule has 2 aromatic rings. The van der Waals surface area contributed by atoms with E-state index in [1.54, 1.807) is 28.7 Å². The van der Waals surface area contributed by atoms with Crippen LogP contribution in [0, 0.1) is 0 Å². The molecule has 0 aliphatic carbocycles. The minimum absolute atomic E-state index is 0.0267. The number of hydrogen-bond acceptors (Lipinski definition) is 6. The van der Waals surface area contributed by atoms with Crippen LogP contribution < -0.4 is 9.64 Å². The van der Waals surface area contributed by atoms with Crippen molar-refractivity contribution in [2.45, 2.75) is 23.5 Å². The third kappa shape index (κ3) is 2.88. The average molecular weight is 387 g/mol. The summed E-state index contributed by atoms with van der Waals surface area (Å²) in [5.41, 5.74) is 0.957. The van der Waals surface area contributed by atoms with Crippen molar-refractivity contribution in [2.24, 2.45) is 0 Å². The van der Waals surface area contributed by atoms with Crippen molar-refractivity contribution in [3.05, 3.63) is 48.2 Å². The third-order valence-corrected chi connectivity index (χ3v) is 7.34. The zero-order chi connectivity index (χ0) is 18.4. The van der Waals surface area contributed by atoms with Crippen LogP contribution in [0.15, 0.2) is 47.5 Å². The lowest BCUT2D eigenvalue weighted by atomic mass is 10.1. The van der Waals surface area contributed by atoms with Crippen LogP contribution in [0.25, 0.3) is 0 Å². The SMILES string of the molecule is O=S(=O)(c1ccc2c(c1)CCO2)N1C[C@@H]2OCCN(c3ccccn3)[C@H]2C1. The number of morpholine rings is 1. The predicted molar refractivity (Wildman–Crippen MR) is 99.5 cm³/mol. The molecule has 5 rings (SSSR count). The van der Waals surface area contributed by atoms with Crippen molar-refractivity contribution in [1.82, 2.24) is 9.29 Å². The van der Waals surface area contributed by atoms with E-state index < -0.39 is 10.0 Å². The second-order valence-corrected chi connectivity index (χ2v) is 8.99. The van der Waals surface area contributed by atoms with Crippen LogP contribution in [0.5, 0.6) is 5.75 Å². The van der Waals surface area contributed by atoms with E-state index in [2.05, 4.69) is 9.88 Å². The molecular weight excluding hydrogens is 366 g/mol. The van der Waals surface area contributed by atoms with Crippen LogP contribution in [-0.2, 0) is 21.2 Å². The number of hydrogen-bond donors (Lipinski definition) is 0. The Bertz CT molecular complexity index is 951. The van der Waals surface area contributed by atoms with E-state index in [0.29, 0.717) is 37.7 Å². The number of anilines is 1. The van der Waals surface area contributed by atoms with E-state index in [1.807, 2.05) is 18.2 Å². The maximum atomic E-state index is 13.2. The molecule has 1 aromatic carbocycles. The summed E-state index contributed by atoms with van der Waals surface area (Å²) >= 11 is 0. The molecule has 0 spiro atoms. The average Bonchev–Trinajstić information content (AvgIpc) is 3.34. The molecule has 7 nitrogen and oxygen atoms in total. The summed E-state index contributed by atoms with van der Waals surface area (Å²) < 4.78 is 39.4. The van der Waals surface area contributed by atoms with Crippen molar-refractivity contribution in [3.63, 3.8) is 0 Å². The van der Waals surface area contributed by atoms with Gasteiger partial charge in [-0.05, 0) is 35.9 Å². The molecule has 27 heavy (non-hydrogen) atoms. The van der Waals surface area contributed by atoms with Gasteiger partial charge in [0.15, 0.2) is 0 Å². The normalized spacial score (nSPS) is 25.1. The molecule has 3 aliphatic rings.